The second kappa shape index (κ2) is 7.08. The van der Waals surface area contributed by atoms with Crippen LogP contribution in [0.2, 0.25) is 0 Å². The third-order valence-corrected chi connectivity index (χ3v) is 3.40. The van der Waals surface area contributed by atoms with E-state index in [0.29, 0.717) is 5.69 Å². The normalized spacial score (nSPS) is 10.2. The number of hydrogen-bond acceptors (Lipinski definition) is 5. The van der Waals surface area contributed by atoms with E-state index in [1.54, 1.807) is 25.1 Å². The van der Waals surface area contributed by atoms with Crippen molar-refractivity contribution in [3.8, 4) is 0 Å². The molecule has 1 N–H and O–H groups in total. The van der Waals surface area contributed by atoms with Gasteiger partial charge in [0.1, 0.15) is 11.5 Å². The first-order chi connectivity index (χ1) is 11.4. The minimum Gasteiger partial charge on any atom is -0.465 e. The van der Waals surface area contributed by atoms with E-state index in [2.05, 4.69) is 17.0 Å². The van der Waals surface area contributed by atoms with Crippen LogP contribution in [-0.4, -0.2) is 33.9 Å². The summed E-state index contributed by atoms with van der Waals surface area (Å²) in [6, 6.07) is 7.16. The molecule has 0 radical (unpaired) electrons. The first-order valence-electron chi connectivity index (χ1n) is 7.01. The van der Waals surface area contributed by atoms with Gasteiger partial charge < -0.3 is 15.0 Å². The monoisotopic (exact) mass is 333 g/mol. The molecule has 2 aromatic rings. The van der Waals surface area contributed by atoms with Crippen molar-refractivity contribution in [3.63, 3.8) is 0 Å². The summed E-state index contributed by atoms with van der Waals surface area (Å²) in [5.74, 6) is -2.16. The van der Waals surface area contributed by atoms with Gasteiger partial charge in [-0.1, -0.05) is 12.1 Å². The average molecular weight is 333 g/mol. The number of halogens is 2. The van der Waals surface area contributed by atoms with E-state index in [9.17, 15) is 13.6 Å². The molecular formula is C17H17F2N3O2. The number of para-hydroxylation sites is 1. The van der Waals surface area contributed by atoms with Crippen LogP contribution in [0.1, 0.15) is 10.4 Å². The van der Waals surface area contributed by atoms with Crippen molar-refractivity contribution in [2.24, 2.45) is 4.99 Å². The predicted molar refractivity (Wildman–Crippen MR) is 91.0 cm³/mol. The summed E-state index contributed by atoms with van der Waals surface area (Å²) in [6.07, 6.45) is 0. The number of benzene rings is 2. The Kier molecular flexibility index (Phi) is 5.13. The molecule has 0 aromatic heterocycles. The molecule has 126 valence electrons. The summed E-state index contributed by atoms with van der Waals surface area (Å²) < 4.78 is 33.5. The quantitative estimate of drug-likeness (QED) is 0.666. The zero-order valence-corrected chi connectivity index (χ0v) is 13.6. The third-order valence-electron chi connectivity index (χ3n) is 3.40. The fourth-order valence-electron chi connectivity index (χ4n) is 2.21. The minimum absolute atomic E-state index is 0.0224. The lowest BCUT2D eigenvalue weighted by molar-refractivity contribution is 0.0601. The first-order valence-corrected chi connectivity index (χ1v) is 7.01. The second-order valence-electron chi connectivity index (χ2n) is 5.13. The topological polar surface area (TPSA) is 53.9 Å². The zero-order valence-electron chi connectivity index (χ0n) is 13.6. The summed E-state index contributed by atoms with van der Waals surface area (Å²) in [5.41, 5.74) is 0.0250. The second-order valence-corrected chi connectivity index (χ2v) is 5.13. The Morgan fingerprint density at radius 3 is 2.50 bits per heavy atom. The maximum Gasteiger partial charge on any atom is 0.340 e. The number of anilines is 3. The number of carbonyl (C=O) groups is 1. The number of rotatable bonds is 5. The standard InChI is InChI=1S/C17H17F2N3O2/c1-20-16-13(22(2)3)9-10(17(23)24-4)15(14(16)19)21-12-8-6-5-7-11(12)18/h5-9,21H,1H2,2-4H3. The van der Waals surface area contributed by atoms with E-state index in [0.717, 1.165) is 0 Å². The third kappa shape index (κ3) is 3.19. The van der Waals surface area contributed by atoms with Crippen LogP contribution in [0.25, 0.3) is 0 Å². The van der Waals surface area contributed by atoms with Crippen LogP contribution >= 0.6 is 0 Å². The van der Waals surface area contributed by atoms with E-state index in [1.165, 1.54) is 31.4 Å². The minimum atomic E-state index is -0.820. The summed E-state index contributed by atoms with van der Waals surface area (Å²) in [6.45, 7) is 3.36. The molecule has 0 amide bonds. The molecule has 0 aliphatic carbocycles. The van der Waals surface area contributed by atoms with Crippen LogP contribution in [0.15, 0.2) is 35.3 Å². The number of aliphatic imine (C=N–C) groups is 1. The number of ether oxygens (including phenoxy) is 1. The largest absolute Gasteiger partial charge is 0.465 e. The smallest absolute Gasteiger partial charge is 0.340 e. The van der Waals surface area contributed by atoms with Gasteiger partial charge in [0.05, 0.1) is 29.7 Å². The fraction of sp³-hybridized carbons (Fsp3) is 0.176. The molecule has 0 heterocycles. The molecule has 2 rings (SSSR count). The summed E-state index contributed by atoms with van der Waals surface area (Å²) in [4.78, 5) is 17.3. The lowest BCUT2D eigenvalue weighted by Crippen LogP contribution is -2.14. The number of nitrogens with zero attached hydrogens (tertiary/aromatic N) is 2. The molecule has 0 saturated heterocycles. The van der Waals surface area contributed by atoms with Crippen molar-refractivity contribution in [3.05, 3.63) is 47.5 Å². The predicted octanol–water partition coefficient (Wildman–Crippen LogP) is 3.89. The summed E-state index contributed by atoms with van der Waals surface area (Å²) in [5, 5.41) is 2.61. The Labute approximate surface area is 138 Å². The van der Waals surface area contributed by atoms with Gasteiger partial charge >= 0.3 is 5.97 Å². The van der Waals surface area contributed by atoms with Gasteiger partial charge in [-0.25, -0.2) is 13.6 Å². The lowest BCUT2D eigenvalue weighted by atomic mass is 10.1. The van der Waals surface area contributed by atoms with Crippen LogP contribution in [-0.2, 0) is 4.74 Å². The Balaban J connectivity index is 2.70. The van der Waals surface area contributed by atoms with Crippen LogP contribution in [0.4, 0.5) is 31.5 Å². The highest BCUT2D eigenvalue weighted by molar-refractivity contribution is 6.00. The Morgan fingerprint density at radius 1 is 1.29 bits per heavy atom. The number of esters is 1. The van der Waals surface area contributed by atoms with Gasteiger partial charge in [-0.3, -0.25) is 4.99 Å². The lowest BCUT2D eigenvalue weighted by Gasteiger charge is -2.20. The molecule has 0 saturated carbocycles. The Hall–Kier alpha value is -2.96. The highest BCUT2D eigenvalue weighted by atomic mass is 19.1. The van der Waals surface area contributed by atoms with Crippen molar-refractivity contribution >= 4 is 35.4 Å². The molecule has 0 unspecified atom stereocenters. The molecule has 0 aliphatic heterocycles. The Bertz CT molecular complexity index is 792. The van der Waals surface area contributed by atoms with Crippen molar-refractivity contribution in [2.45, 2.75) is 0 Å². The zero-order chi connectivity index (χ0) is 17.9. The van der Waals surface area contributed by atoms with Crippen molar-refractivity contribution in [1.29, 1.82) is 0 Å². The molecule has 24 heavy (non-hydrogen) atoms. The van der Waals surface area contributed by atoms with E-state index >= 15 is 0 Å². The molecule has 0 atom stereocenters. The van der Waals surface area contributed by atoms with E-state index in [4.69, 9.17) is 4.74 Å². The van der Waals surface area contributed by atoms with Crippen LogP contribution in [0, 0.1) is 11.6 Å². The average Bonchev–Trinajstić information content (AvgIpc) is 2.57. The molecule has 0 fully saturated rings. The molecule has 7 heteroatoms. The van der Waals surface area contributed by atoms with Crippen LogP contribution in [0.5, 0.6) is 0 Å². The van der Waals surface area contributed by atoms with Gasteiger partial charge in [0.2, 0.25) is 0 Å². The highest BCUT2D eigenvalue weighted by Crippen LogP contribution is 2.39. The number of methoxy groups -OCH3 is 1. The van der Waals surface area contributed by atoms with Gasteiger partial charge in [0.15, 0.2) is 5.82 Å². The van der Waals surface area contributed by atoms with Crippen LogP contribution in [0.3, 0.4) is 0 Å². The maximum atomic E-state index is 14.9. The number of hydrogen-bond donors (Lipinski definition) is 1. The summed E-state index contributed by atoms with van der Waals surface area (Å²) in [7, 11) is 4.53. The van der Waals surface area contributed by atoms with Crippen molar-refractivity contribution in [2.75, 3.05) is 31.4 Å². The maximum absolute atomic E-state index is 14.9. The molecule has 0 bridgehead atoms. The van der Waals surface area contributed by atoms with Gasteiger partial charge in [-0.05, 0) is 24.9 Å². The molecule has 2 aromatic carbocycles. The van der Waals surface area contributed by atoms with E-state index in [1.807, 2.05) is 0 Å². The van der Waals surface area contributed by atoms with Crippen molar-refractivity contribution in [1.82, 2.24) is 0 Å². The van der Waals surface area contributed by atoms with E-state index in [-0.39, 0.29) is 22.6 Å². The van der Waals surface area contributed by atoms with Crippen LogP contribution < -0.4 is 10.2 Å². The highest BCUT2D eigenvalue weighted by Gasteiger charge is 2.24. The number of nitrogens with one attached hydrogen (secondary N) is 1. The van der Waals surface area contributed by atoms with Gasteiger partial charge in [-0.15, -0.1) is 0 Å². The molecule has 0 aliphatic rings. The van der Waals surface area contributed by atoms with E-state index < -0.39 is 17.6 Å². The van der Waals surface area contributed by atoms with Gasteiger partial charge in [0, 0.05) is 14.1 Å². The SMILES string of the molecule is C=Nc1c(N(C)C)cc(C(=O)OC)c(Nc2ccccc2F)c1F. The molecular weight excluding hydrogens is 316 g/mol. The Morgan fingerprint density at radius 2 is 1.96 bits per heavy atom. The summed E-state index contributed by atoms with van der Waals surface area (Å²) >= 11 is 0. The van der Waals surface area contributed by atoms with Gasteiger partial charge in [-0.2, -0.15) is 0 Å². The molecule has 0 spiro atoms. The number of carbonyl (C=O) groups excluding carboxylic acids is 1. The van der Waals surface area contributed by atoms with Crippen molar-refractivity contribution < 1.29 is 18.3 Å². The molecule has 5 nitrogen and oxygen atoms in total. The first kappa shape index (κ1) is 17.4. The fourth-order valence-corrected chi connectivity index (χ4v) is 2.21. The van der Waals surface area contributed by atoms with Gasteiger partial charge in [0.25, 0.3) is 0 Å².